The zero-order chi connectivity index (χ0) is 13.8. The van der Waals surface area contributed by atoms with Gasteiger partial charge < -0.3 is 5.11 Å². The molecule has 2 rings (SSSR count). The molecule has 0 aliphatic rings. The molecule has 0 aliphatic carbocycles. The number of aliphatic hydroxyl groups is 1. The van der Waals surface area contributed by atoms with Crippen LogP contribution < -0.4 is 0 Å². The molecule has 0 radical (unpaired) electrons. The Kier molecular flexibility index (Phi) is 4.03. The number of nitro benzene ring substituents is 1. The van der Waals surface area contributed by atoms with Gasteiger partial charge in [0.15, 0.2) is 5.78 Å². The van der Waals surface area contributed by atoms with Gasteiger partial charge in [-0.3, -0.25) is 14.9 Å². The van der Waals surface area contributed by atoms with E-state index < -0.39 is 11.0 Å². The molecule has 0 unspecified atom stereocenters. The third kappa shape index (κ3) is 3.24. The fourth-order valence-corrected chi connectivity index (χ4v) is 2.33. The average molecular weight is 277 g/mol. The van der Waals surface area contributed by atoms with Crippen molar-refractivity contribution in [3.63, 3.8) is 0 Å². The molecule has 1 N–H and O–H groups in total. The maximum absolute atomic E-state index is 11.8. The van der Waals surface area contributed by atoms with Crippen molar-refractivity contribution in [2.24, 2.45) is 0 Å². The molecule has 0 fully saturated rings. The van der Waals surface area contributed by atoms with Crippen molar-refractivity contribution >= 4 is 22.8 Å². The zero-order valence-corrected chi connectivity index (χ0v) is 10.7. The molecule has 1 aromatic heterocycles. The second-order valence-electron chi connectivity index (χ2n) is 3.97. The first-order chi connectivity index (χ1) is 9.08. The molecule has 0 saturated carbocycles. The SMILES string of the molecule is O=C(C[C@@H](O)c1ccc([N+](=O)[O-])cc1)c1cccs1. The highest BCUT2D eigenvalue weighted by atomic mass is 32.1. The van der Waals surface area contributed by atoms with Crippen molar-refractivity contribution in [3.05, 3.63) is 62.3 Å². The summed E-state index contributed by atoms with van der Waals surface area (Å²) < 4.78 is 0. The number of ketones is 1. The first-order valence-electron chi connectivity index (χ1n) is 5.57. The molecule has 0 aliphatic heterocycles. The number of hydrogen-bond acceptors (Lipinski definition) is 5. The molecule has 0 saturated heterocycles. The molecule has 0 bridgehead atoms. The van der Waals surface area contributed by atoms with Crippen molar-refractivity contribution in [3.8, 4) is 0 Å². The summed E-state index contributed by atoms with van der Waals surface area (Å²) in [6.45, 7) is 0. The molecule has 1 aromatic carbocycles. The summed E-state index contributed by atoms with van der Waals surface area (Å²) in [5.74, 6) is -0.138. The van der Waals surface area contributed by atoms with E-state index in [1.807, 2.05) is 0 Å². The molecule has 5 nitrogen and oxygen atoms in total. The fourth-order valence-electron chi connectivity index (χ4n) is 1.65. The van der Waals surface area contributed by atoms with Crippen LogP contribution in [-0.4, -0.2) is 15.8 Å². The van der Waals surface area contributed by atoms with Crippen LogP contribution in [0.1, 0.15) is 27.8 Å². The van der Waals surface area contributed by atoms with Crippen molar-refractivity contribution < 1.29 is 14.8 Å². The second-order valence-corrected chi connectivity index (χ2v) is 4.92. The summed E-state index contributed by atoms with van der Waals surface area (Å²) in [5.41, 5.74) is 0.455. The van der Waals surface area contributed by atoms with Crippen LogP contribution in [0, 0.1) is 10.1 Å². The van der Waals surface area contributed by atoms with Crippen molar-refractivity contribution in [1.82, 2.24) is 0 Å². The van der Waals surface area contributed by atoms with Gasteiger partial charge in [-0.05, 0) is 29.1 Å². The monoisotopic (exact) mass is 277 g/mol. The number of nitrogens with zero attached hydrogens (tertiary/aromatic N) is 1. The van der Waals surface area contributed by atoms with E-state index in [4.69, 9.17) is 0 Å². The number of rotatable bonds is 5. The normalized spacial score (nSPS) is 12.1. The Bertz CT molecular complexity index is 577. The van der Waals surface area contributed by atoms with Crippen LogP contribution in [0.5, 0.6) is 0 Å². The molecule has 19 heavy (non-hydrogen) atoms. The standard InChI is InChI=1S/C13H11NO4S/c15-11(8-12(16)13-2-1-7-19-13)9-3-5-10(6-4-9)14(17)18/h1-7,11,15H,8H2/t11-/m1/s1. The predicted octanol–water partition coefficient (Wildman–Crippen LogP) is 2.96. The summed E-state index contributed by atoms with van der Waals surface area (Å²) in [4.78, 5) is 22.4. The van der Waals surface area contributed by atoms with Gasteiger partial charge in [-0.25, -0.2) is 0 Å². The quantitative estimate of drug-likeness (QED) is 0.517. The Morgan fingerprint density at radius 3 is 2.53 bits per heavy atom. The van der Waals surface area contributed by atoms with Crippen molar-refractivity contribution in [2.45, 2.75) is 12.5 Å². The van der Waals surface area contributed by atoms with Crippen LogP contribution >= 0.6 is 11.3 Å². The van der Waals surface area contributed by atoms with Crippen LogP contribution in [0.2, 0.25) is 0 Å². The van der Waals surface area contributed by atoms with Gasteiger partial charge in [-0.15, -0.1) is 11.3 Å². The van der Waals surface area contributed by atoms with E-state index in [-0.39, 0.29) is 17.9 Å². The molecule has 0 amide bonds. The highest BCUT2D eigenvalue weighted by molar-refractivity contribution is 7.12. The molecule has 1 atom stereocenters. The lowest BCUT2D eigenvalue weighted by atomic mass is 10.0. The van der Waals surface area contributed by atoms with Gasteiger partial charge in [0, 0.05) is 18.6 Å². The number of aliphatic hydroxyl groups excluding tert-OH is 1. The molecule has 0 spiro atoms. The number of hydrogen-bond donors (Lipinski definition) is 1. The van der Waals surface area contributed by atoms with Crippen molar-refractivity contribution in [2.75, 3.05) is 0 Å². The summed E-state index contributed by atoms with van der Waals surface area (Å²) in [6.07, 6.45) is -0.978. The van der Waals surface area contributed by atoms with E-state index in [1.165, 1.54) is 35.6 Å². The van der Waals surface area contributed by atoms with E-state index in [2.05, 4.69) is 0 Å². The van der Waals surface area contributed by atoms with Crippen molar-refractivity contribution in [1.29, 1.82) is 0 Å². The molecular formula is C13H11NO4S. The highest BCUT2D eigenvalue weighted by Gasteiger charge is 2.16. The topological polar surface area (TPSA) is 80.4 Å². The first-order valence-corrected chi connectivity index (χ1v) is 6.45. The van der Waals surface area contributed by atoms with Crippen LogP contribution in [0.15, 0.2) is 41.8 Å². The predicted molar refractivity (Wildman–Crippen MR) is 71.3 cm³/mol. The van der Waals surface area contributed by atoms with E-state index in [9.17, 15) is 20.0 Å². The van der Waals surface area contributed by atoms with Crippen LogP contribution in [0.25, 0.3) is 0 Å². The lowest BCUT2D eigenvalue weighted by Crippen LogP contribution is -2.05. The molecule has 2 aromatic rings. The number of Topliss-reactive ketones (excluding diaryl/α,β-unsaturated/α-hetero) is 1. The van der Waals surface area contributed by atoms with Gasteiger partial charge in [-0.2, -0.15) is 0 Å². The minimum atomic E-state index is -0.949. The van der Waals surface area contributed by atoms with Gasteiger partial charge in [0.2, 0.25) is 0 Å². The smallest absolute Gasteiger partial charge is 0.269 e. The van der Waals surface area contributed by atoms with Crippen LogP contribution in [-0.2, 0) is 0 Å². The zero-order valence-electron chi connectivity index (χ0n) is 9.85. The maximum atomic E-state index is 11.8. The van der Waals surface area contributed by atoms with E-state index in [0.717, 1.165) is 0 Å². The minimum absolute atomic E-state index is 0.0294. The highest BCUT2D eigenvalue weighted by Crippen LogP contribution is 2.23. The fraction of sp³-hybridized carbons (Fsp3) is 0.154. The average Bonchev–Trinajstić information content (AvgIpc) is 2.92. The number of nitro groups is 1. The Balaban J connectivity index is 2.05. The second kappa shape index (κ2) is 5.73. The summed E-state index contributed by atoms with van der Waals surface area (Å²) >= 11 is 1.32. The van der Waals surface area contributed by atoms with Crippen LogP contribution in [0.3, 0.4) is 0 Å². The van der Waals surface area contributed by atoms with E-state index >= 15 is 0 Å². The Labute approximate surface area is 113 Å². The van der Waals surface area contributed by atoms with Gasteiger partial charge >= 0.3 is 0 Å². The summed E-state index contributed by atoms with van der Waals surface area (Å²) in [7, 11) is 0. The number of carbonyl (C=O) groups is 1. The van der Waals surface area contributed by atoms with Gasteiger partial charge in [0.05, 0.1) is 15.9 Å². The molecule has 6 heteroatoms. The van der Waals surface area contributed by atoms with E-state index in [0.29, 0.717) is 10.4 Å². The Morgan fingerprint density at radius 2 is 2.00 bits per heavy atom. The van der Waals surface area contributed by atoms with Gasteiger partial charge in [0.1, 0.15) is 0 Å². The molecule has 98 valence electrons. The summed E-state index contributed by atoms with van der Waals surface area (Å²) in [6, 6.07) is 9.03. The van der Waals surface area contributed by atoms with E-state index in [1.54, 1.807) is 17.5 Å². The Hall–Kier alpha value is -2.05. The molecular weight excluding hydrogens is 266 g/mol. The number of non-ortho nitro benzene ring substituents is 1. The third-order valence-corrected chi connectivity index (χ3v) is 3.57. The lowest BCUT2D eigenvalue weighted by molar-refractivity contribution is -0.384. The lowest BCUT2D eigenvalue weighted by Gasteiger charge is -2.09. The number of thiophene rings is 1. The Morgan fingerprint density at radius 1 is 1.32 bits per heavy atom. The largest absolute Gasteiger partial charge is 0.388 e. The number of benzene rings is 1. The summed E-state index contributed by atoms with van der Waals surface area (Å²) in [5, 5.41) is 22.2. The first kappa shape index (κ1) is 13.4. The van der Waals surface area contributed by atoms with Gasteiger partial charge in [-0.1, -0.05) is 6.07 Å². The molecule has 1 heterocycles. The van der Waals surface area contributed by atoms with Gasteiger partial charge in [0.25, 0.3) is 5.69 Å². The van der Waals surface area contributed by atoms with Crippen LogP contribution in [0.4, 0.5) is 5.69 Å². The third-order valence-electron chi connectivity index (χ3n) is 2.66. The number of carbonyl (C=O) groups excluding carboxylic acids is 1. The minimum Gasteiger partial charge on any atom is -0.388 e. The maximum Gasteiger partial charge on any atom is 0.269 e.